The summed E-state index contributed by atoms with van der Waals surface area (Å²) in [6.07, 6.45) is 5.54. The third kappa shape index (κ3) is 2.93. The van der Waals surface area contributed by atoms with Gasteiger partial charge in [0, 0.05) is 13.2 Å². The van der Waals surface area contributed by atoms with E-state index in [1.807, 2.05) is 0 Å². The first-order valence-corrected chi connectivity index (χ1v) is 5.31. The minimum absolute atomic E-state index is 0.287. The molecule has 1 aliphatic carbocycles. The molecule has 76 valence electrons. The molecule has 3 nitrogen and oxygen atoms in total. The van der Waals surface area contributed by atoms with E-state index in [1.165, 1.54) is 12.8 Å². The van der Waals surface area contributed by atoms with E-state index in [4.69, 9.17) is 15.2 Å². The van der Waals surface area contributed by atoms with Crippen LogP contribution in [0.1, 0.15) is 25.7 Å². The molecule has 2 aliphatic rings. The smallest absolute Gasteiger partial charge is 0.0813 e. The van der Waals surface area contributed by atoms with Gasteiger partial charge in [0.25, 0.3) is 0 Å². The molecule has 1 saturated heterocycles. The van der Waals surface area contributed by atoms with Gasteiger partial charge in [0.15, 0.2) is 0 Å². The third-order valence-corrected chi connectivity index (χ3v) is 2.81. The Morgan fingerprint density at radius 3 is 2.46 bits per heavy atom. The summed E-state index contributed by atoms with van der Waals surface area (Å²) in [5.41, 5.74) is 5.52. The van der Waals surface area contributed by atoms with Crippen molar-refractivity contribution in [1.29, 1.82) is 0 Å². The van der Waals surface area contributed by atoms with Crippen LogP contribution >= 0.6 is 0 Å². The Morgan fingerprint density at radius 2 is 1.85 bits per heavy atom. The van der Waals surface area contributed by atoms with Crippen LogP contribution in [-0.4, -0.2) is 32.0 Å². The van der Waals surface area contributed by atoms with Crippen LogP contribution in [0, 0.1) is 5.92 Å². The van der Waals surface area contributed by atoms with E-state index in [9.17, 15) is 0 Å². The van der Waals surface area contributed by atoms with Gasteiger partial charge in [-0.15, -0.1) is 0 Å². The average Bonchev–Trinajstić information content (AvgIpc) is 2.84. The normalized spacial score (nSPS) is 33.9. The zero-order valence-corrected chi connectivity index (χ0v) is 8.08. The predicted octanol–water partition coefficient (Wildman–Crippen LogP) is 0.919. The van der Waals surface area contributed by atoms with Gasteiger partial charge in [-0.3, -0.25) is 0 Å². The number of nitrogens with two attached hydrogens (primary N) is 1. The van der Waals surface area contributed by atoms with Crippen molar-refractivity contribution in [2.45, 2.75) is 37.9 Å². The summed E-state index contributed by atoms with van der Waals surface area (Å²) in [6, 6.07) is 0. The minimum atomic E-state index is 0.287. The van der Waals surface area contributed by atoms with E-state index >= 15 is 0 Å². The van der Waals surface area contributed by atoms with Crippen molar-refractivity contribution in [1.82, 2.24) is 0 Å². The number of hydrogen-bond acceptors (Lipinski definition) is 3. The van der Waals surface area contributed by atoms with Crippen molar-refractivity contribution in [2.24, 2.45) is 11.7 Å². The van der Waals surface area contributed by atoms with E-state index in [0.717, 1.165) is 32.0 Å². The first kappa shape index (κ1) is 9.44. The number of hydrogen-bond donors (Lipinski definition) is 1. The lowest BCUT2D eigenvalue weighted by Crippen LogP contribution is -2.23. The highest BCUT2D eigenvalue weighted by Crippen LogP contribution is 2.29. The zero-order chi connectivity index (χ0) is 9.10. The van der Waals surface area contributed by atoms with Gasteiger partial charge in [0.2, 0.25) is 0 Å². The fourth-order valence-corrected chi connectivity index (χ4v) is 1.73. The van der Waals surface area contributed by atoms with Gasteiger partial charge in [-0.25, -0.2) is 0 Å². The molecule has 2 atom stereocenters. The molecule has 0 aromatic carbocycles. The van der Waals surface area contributed by atoms with Gasteiger partial charge < -0.3 is 15.2 Å². The summed E-state index contributed by atoms with van der Waals surface area (Å²) >= 11 is 0. The largest absolute Gasteiger partial charge is 0.378 e. The SMILES string of the molecule is NCC1CCC(COCC2CC2)O1. The Kier molecular flexibility index (Phi) is 3.19. The van der Waals surface area contributed by atoms with E-state index < -0.39 is 0 Å². The van der Waals surface area contributed by atoms with Crippen molar-refractivity contribution < 1.29 is 9.47 Å². The van der Waals surface area contributed by atoms with Crippen LogP contribution < -0.4 is 5.73 Å². The van der Waals surface area contributed by atoms with Crippen LogP contribution in [0.5, 0.6) is 0 Å². The molecule has 0 amide bonds. The summed E-state index contributed by atoms with van der Waals surface area (Å²) in [7, 11) is 0. The van der Waals surface area contributed by atoms with Crippen LogP contribution in [0.15, 0.2) is 0 Å². The second kappa shape index (κ2) is 4.40. The maximum Gasteiger partial charge on any atom is 0.0813 e. The Labute approximate surface area is 79.6 Å². The standard InChI is InChI=1S/C10H19NO2/c11-5-9-3-4-10(13-9)7-12-6-8-1-2-8/h8-10H,1-7,11H2. The monoisotopic (exact) mass is 185 g/mol. The van der Waals surface area contributed by atoms with E-state index in [-0.39, 0.29) is 6.10 Å². The molecule has 0 aromatic rings. The Hall–Kier alpha value is -0.120. The van der Waals surface area contributed by atoms with E-state index in [1.54, 1.807) is 0 Å². The van der Waals surface area contributed by atoms with E-state index in [2.05, 4.69) is 0 Å². The molecule has 0 radical (unpaired) electrons. The lowest BCUT2D eigenvalue weighted by molar-refractivity contribution is -0.0142. The molecule has 0 aromatic heterocycles. The second-order valence-electron chi connectivity index (χ2n) is 4.17. The van der Waals surface area contributed by atoms with Gasteiger partial charge in [0.05, 0.1) is 18.8 Å². The maximum atomic E-state index is 5.66. The fourth-order valence-electron chi connectivity index (χ4n) is 1.73. The molecule has 1 aliphatic heterocycles. The summed E-state index contributed by atoms with van der Waals surface area (Å²) < 4.78 is 11.2. The number of ether oxygens (including phenoxy) is 2. The molecule has 0 spiro atoms. The van der Waals surface area contributed by atoms with Crippen LogP contribution in [0.2, 0.25) is 0 Å². The zero-order valence-electron chi connectivity index (χ0n) is 8.08. The van der Waals surface area contributed by atoms with Crippen molar-refractivity contribution in [3.8, 4) is 0 Å². The maximum absolute atomic E-state index is 5.66. The molecule has 2 unspecified atom stereocenters. The predicted molar refractivity (Wildman–Crippen MR) is 50.5 cm³/mol. The van der Waals surface area contributed by atoms with E-state index in [0.29, 0.717) is 12.6 Å². The Balaban J connectivity index is 1.54. The number of rotatable bonds is 5. The van der Waals surface area contributed by atoms with Gasteiger partial charge >= 0.3 is 0 Å². The molecule has 2 N–H and O–H groups in total. The Bertz CT molecular complexity index is 159. The molecule has 3 heteroatoms. The highest BCUT2D eigenvalue weighted by molar-refractivity contribution is 4.75. The lowest BCUT2D eigenvalue weighted by Gasteiger charge is -2.12. The first-order chi connectivity index (χ1) is 6.38. The second-order valence-corrected chi connectivity index (χ2v) is 4.17. The van der Waals surface area contributed by atoms with Gasteiger partial charge in [-0.2, -0.15) is 0 Å². The summed E-state index contributed by atoms with van der Waals surface area (Å²) in [5.74, 6) is 0.853. The quantitative estimate of drug-likeness (QED) is 0.692. The molecule has 2 fully saturated rings. The van der Waals surface area contributed by atoms with Gasteiger partial charge in [-0.05, 0) is 31.6 Å². The molecular formula is C10H19NO2. The van der Waals surface area contributed by atoms with Crippen molar-refractivity contribution in [3.63, 3.8) is 0 Å². The minimum Gasteiger partial charge on any atom is -0.378 e. The highest BCUT2D eigenvalue weighted by atomic mass is 16.5. The van der Waals surface area contributed by atoms with Crippen LogP contribution in [-0.2, 0) is 9.47 Å². The van der Waals surface area contributed by atoms with Gasteiger partial charge in [0.1, 0.15) is 0 Å². The topological polar surface area (TPSA) is 44.5 Å². The molecule has 1 heterocycles. The molecule has 13 heavy (non-hydrogen) atoms. The average molecular weight is 185 g/mol. The van der Waals surface area contributed by atoms with Crippen LogP contribution in [0.3, 0.4) is 0 Å². The van der Waals surface area contributed by atoms with Crippen LogP contribution in [0.4, 0.5) is 0 Å². The summed E-state index contributed by atoms with van der Waals surface area (Å²) in [6.45, 7) is 2.36. The van der Waals surface area contributed by atoms with Crippen molar-refractivity contribution in [3.05, 3.63) is 0 Å². The molecular weight excluding hydrogens is 166 g/mol. The van der Waals surface area contributed by atoms with Gasteiger partial charge in [-0.1, -0.05) is 0 Å². The molecule has 2 rings (SSSR count). The molecule has 1 saturated carbocycles. The summed E-state index contributed by atoms with van der Waals surface area (Å²) in [4.78, 5) is 0. The van der Waals surface area contributed by atoms with Crippen molar-refractivity contribution >= 4 is 0 Å². The fraction of sp³-hybridized carbons (Fsp3) is 1.00. The molecule has 0 bridgehead atoms. The highest BCUT2D eigenvalue weighted by Gasteiger charge is 2.26. The first-order valence-electron chi connectivity index (χ1n) is 5.31. The Morgan fingerprint density at radius 1 is 1.08 bits per heavy atom. The summed E-state index contributed by atoms with van der Waals surface area (Å²) in [5, 5.41) is 0. The van der Waals surface area contributed by atoms with Crippen molar-refractivity contribution in [2.75, 3.05) is 19.8 Å². The lowest BCUT2D eigenvalue weighted by atomic mass is 10.2. The van der Waals surface area contributed by atoms with Crippen LogP contribution in [0.25, 0.3) is 0 Å². The third-order valence-electron chi connectivity index (χ3n) is 2.81.